The zero-order valence-electron chi connectivity index (χ0n) is 11.8. The van der Waals surface area contributed by atoms with Crippen LogP contribution in [0.4, 0.5) is 5.69 Å². The Morgan fingerprint density at radius 2 is 2.00 bits per heavy atom. The van der Waals surface area contributed by atoms with E-state index in [1.807, 2.05) is 6.07 Å². The summed E-state index contributed by atoms with van der Waals surface area (Å²) in [5, 5.41) is 16.1. The molecule has 1 amide bonds. The maximum Gasteiger partial charge on any atom is 0.255 e. The molecule has 1 aromatic heterocycles. The summed E-state index contributed by atoms with van der Waals surface area (Å²) in [6.07, 6.45) is 2.93. The van der Waals surface area contributed by atoms with Gasteiger partial charge in [-0.05, 0) is 42.5 Å². The standard InChI is InChI=1S/C16H10ClN5O/c17-13-5-6-15(22-10-19-9-20-22)14(7-13)21-16(23)12-3-1-11(8-18)2-4-12/h1-7,9-10H,(H,21,23). The summed E-state index contributed by atoms with van der Waals surface area (Å²) in [5.41, 5.74) is 2.09. The average molecular weight is 324 g/mol. The molecule has 2 aromatic carbocycles. The highest BCUT2D eigenvalue weighted by atomic mass is 35.5. The molecule has 7 heteroatoms. The lowest BCUT2D eigenvalue weighted by atomic mass is 10.1. The summed E-state index contributed by atoms with van der Waals surface area (Å²) in [6.45, 7) is 0. The summed E-state index contributed by atoms with van der Waals surface area (Å²) in [7, 11) is 0. The van der Waals surface area contributed by atoms with Crippen LogP contribution in [0.25, 0.3) is 5.69 Å². The number of anilines is 1. The maximum absolute atomic E-state index is 12.4. The van der Waals surface area contributed by atoms with Gasteiger partial charge < -0.3 is 5.32 Å². The van der Waals surface area contributed by atoms with Crippen LogP contribution in [0.5, 0.6) is 0 Å². The van der Waals surface area contributed by atoms with Crippen LogP contribution in [0.3, 0.4) is 0 Å². The number of hydrogen-bond donors (Lipinski definition) is 1. The number of nitriles is 1. The number of carbonyl (C=O) groups is 1. The molecule has 0 aliphatic carbocycles. The van der Waals surface area contributed by atoms with Crippen LogP contribution < -0.4 is 5.32 Å². The number of amides is 1. The van der Waals surface area contributed by atoms with Crippen molar-refractivity contribution < 1.29 is 4.79 Å². The van der Waals surface area contributed by atoms with Crippen molar-refractivity contribution in [1.29, 1.82) is 5.26 Å². The molecule has 0 saturated heterocycles. The fourth-order valence-corrected chi connectivity index (χ4v) is 2.20. The summed E-state index contributed by atoms with van der Waals surface area (Å²) in [6, 6.07) is 13.5. The van der Waals surface area contributed by atoms with Crippen molar-refractivity contribution in [3.63, 3.8) is 0 Å². The van der Waals surface area contributed by atoms with Gasteiger partial charge in [0.1, 0.15) is 12.7 Å². The van der Waals surface area contributed by atoms with E-state index in [4.69, 9.17) is 16.9 Å². The molecule has 1 heterocycles. The third-order valence-corrected chi connectivity index (χ3v) is 3.38. The predicted molar refractivity (Wildman–Crippen MR) is 85.5 cm³/mol. The molecule has 0 unspecified atom stereocenters. The molecule has 0 aliphatic rings. The minimum atomic E-state index is -0.307. The highest BCUT2D eigenvalue weighted by Gasteiger charge is 2.11. The number of aromatic nitrogens is 3. The van der Waals surface area contributed by atoms with E-state index in [2.05, 4.69) is 15.4 Å². The van der Waals surface area contributed by atoms with E-state index >= 15 is 0 Å². The SMILES string of the molecule is N#Cc1ccc(C(=O)Nc2cc(Cl)ccc2-n2cncn2)cc1. The fourth-order valence-electron chi connectivity index (χ4n) is 2.03. The van der Waals surface area contributed by atoms with Crippen LogP contribution in [-0.4, -0.2) is 20.7 Å². The molecule has 6 nitrogen and oxygen atoms in total. The van der Waals surface area contributed by atoms with Crippen molar-refractivity contribution in [2.75, 3.05) is 5.32 Å². The van der Waals surface area contributed by atoms with Gasteiger partial charge >= 0.3 is 0 Å². The molecule has 3 aromatic rings. The lowest BCUT2D eigenvalue weighted by Gasteiger charge is -2.11. The first kappa shape index (κ1) is 14.8. The monoisotopic (exact) mass is 323 g/mol. The third-order valence-electron chi connectivity index (χ3n) is 3.15. The van der Waals surface area contributed by atoms with Gasteiger partial charge in [-0.3, -0.25) is 4.79 Å². The quantitative estimate of drug-likeness (QED) is 0.803. The summed E-state index contributed by atoms with van der Waals surface area (Å²) in [5.74, 6) is -0.307. The third kappa shape index (κ3) is 3.20. The maximum atomic E-state index is 12.4. The molecule has 0 saturated carbocycles. The minimum absolute atomic E-state index is 0.307. The van der Waals surface area contributed by atoms with Crippen molar-refractivity contribution in [2.24, 2.45) is 0 Å². The molecule has 112 valence electrons. The molecular formula is C16H10ClN5O. The van der Waals surface area contributed by atoms with Crippen molar-refractivity contribution in [2.45, 2.75) is 0 Å². The van der Waals surface area contributed by atoms with E-state index < -0.39 is 0 Å². The number of hydrogen-bond acceptors (Lipinski definition) is 4. The Balaban J connectivity index is 1.91. The van der Waals surface area contributed by atoms with Crippen LogP contribution in [0.1, 0.15) is 15.9 Å². The van der Waals surface area contributed by atoms with E-state index in [-0.39, 0.29) is 5.91 Å². The van der Waals surface area contributed by atoms with Crippen LogP contribution >= 0.6 is 11.6 Å². The molecule has 3 rings (SSSR count). The van der Waals surface area contributed by atoms with Gasteiger partial charge in [-0.2, -0.15) is 10.4 Å². The summed E-state index contributed by atoms with van der Waals surface area (Å²) in [4.78, 5) is 16.3. The Labute approximate surface area is 137 Å². The summed E-state index contributed by atoms with van der Waals surface area (Å²) >= 11 is 6.01. The van der Waals surface area contributed by atoms with Crippen LogP contribution in [0.2, 0.25) is 5.02 Å². The number of halogens is 1. The van der Waals surface area contributed by atoms with Gasteiger partial charge in [0.25, 0.3) is 5.91 Å². The Kier molecular flexibility index (Phi) is 4.04. The second-order valence-corrected chi connectivity index (χ2v) is 5.08. The van der Waals surface area contributed by atoms with E-state index in [1.165, 1.54) is 17.3 Å². The molecule has 0 fully saturated rings. The normalized spacial score (nSPS) is 10.1. The van der Waals surface area contributed by atoms with Gasteiger partial charge in [0.2, 0.25) is 0 Å². The van der Waals surface area contributed by atoms with Crippen LogP contribution in [0.15, 0.2) is 55.1 Å². The Morgan fingerprint density at radius 3 is 2.65 bits per heavy atom. The van der Waals surface area contributed by atoms with Gasteiger partial charge in [-0.1, -0.05) is 11.6 Å². The molecule has 23 heavy (non-hydrogen) atoms. The average Bonchev–Trinajstić information content (AvgIpc) is 3.09. The van der Waals surface area contributed by atoms with E-state index in [1.54, 1.807) is 42.5 Å². The highest BCUT2D eigenvalue weighted by Crippen LogP contribution is 2.24. The number of nitrogens with zero attached hydrogens (tertiary/aromatic N) is 4. The lowest BCUT2D eigenvalue weighted by Crippen LogP contribution is -2.14. The number of carbonyl (C=O) groups excluding carboxylic acids is 1. The molecule has 0 spiro atoms. The van der Waals surface area contributed by atoms with Crippen molar-refractivity contribution in [1.82, 2.24) is 14.8 Å². The second-order valence-electron chi connectivity index (χ2n) is 4.64. The van der Waals surface area contributed by atoms with E-state index in [0.29, 0.717) is 27.5 Å². The largest absolute Gasteiger partial charge is 0.320 e. The topological polar surface area (TPSA) is 83.6 Å². The smallest absolute Gasteiger partial charge is 0.255 e. The molecule has 0 aliphatic heterocycles. The van der Waals surface area contributed by atoms with Crippen molar-refractivity contribution in [3.8, 4) is 11.8 Å². The molecule has 0 bridgehead atoms. The van der Waals surface area contributed by atoms with Crippen LogP contribution in [0, 0.1) is 11.3 Å². The predicted octanol–water partition coefficient (Wildman–Crippen LogP) is 3.04. The minimum Gasteiger partial charge on any atom is -0.320 e. The Bertz CT molecular complexity index is 882. The molecule has 0 radical (unpaired) electrons. The van der Waals surface area contributed by atoms with E-state index in [0.717, 1.165) is 0 Å². The first-order valence-electron chi connectivity index (χ1n) is 6.63. The van der Waals surface area contributed by atoms with Gasteiger partial charge in [0.15, 0.2) is 0 Å². The van der Waals surface area contributed by atoms with E-state index in [9.17, 15) is 4.79 Å². The second kappa shape index (κ2) is 6.30. The number of nitrogens with one attached hydrogen (secondary N) is 1. The van der Waals surface area contributed by atoms with Gasteiger partial charge in [-0.15, -0.1) is 0 Å². The van der Waals surface area contributed by atoms with Crippen LogP contribution in [-0.2, 0) is 0 Å². The molecule has 0 atom stereocenters. The first-order valence-corrected chi connectivity index (χ1v) is 7.01. The Morgan fingerprint density at radius 1 is 1.22 bits per heavy atom. The zero-order valence-corrected chi connectivity index (χ0v) is 12.5. The zero-order chi connectivity index (χ0) is 16.2. The fraction of sp³-hybridized carbons (Fsp3) is 0. The summed E-state index contributed by atoms with van der Waals surface area (Å²) < 4.78 is 1.53. The molecular weight excluding hydrogens is 314 g/mol. The van der Waals surface area contributed by atoms with Gasteiger partial charge in [-0.25, -0.2) is 9.67 Å². The number of benzene rings is 2. The lowest BCUT2D eigenvalue weighted by molar-refractivity contribution is 0.102. The van der Waals surface area contributed by atoms with Crippen molar-refractivity contribution >= 4 is 23.2 Å². The first-order chi connectivity index (χ1) is 11.2. The Hall–Kier alpha value is -3.17. The number of rotatable bonds is 3. The molecule has 1 N–H and O–H groups in total. The van der Waals surface area contributed by atoms with Crippen molar-refractivity contribution in [3.05, 3.63) is 71.3 Å². The van der Waals surface area contributed by atoms with Gasteiger partial charge in [0, 0.05) is 10.6 Å². The van der Waals surface area contributed by atoms with Gasteiger partial charge in [0.05, 0.1) is 23.0 Å². The highest BCUT2D eigenvalue weighted by molar-refractivity contribution is 6.31.